The van der Waals surface area contributed by atoms with Crippen LogP contribution in [0.2, 0.25) is 0 Å². The van der Waals surface area contributed by atoms with Crippen LogP contribution in [0.1, 0.15) is 26.2 Å². The van der Waals surface area contributed by atoms with Crippen molar-refractivity contribution in [1.82, 2.24) is 5.32 Å². The van der Waals surface area contributed by atoms with Crippen molar-refractivity contribution in [3.8, 4) is 0 Å². The van der Waals surface area contributed by atoms with Gasteiger partial charge >= 0.3 is 0 Å². The fourth-order valence-electron chi connectivity index (χ4n) is 2.50. The van der Waals surface area contributed by atoms with Crippen molar-refractivity contribution in [3.63, 3.8) is 0 Å². The number of rotatable bonds is 8. The Morgan fingerprint density at radius 1 is 1.30 bits per heavy atom. The van der Waals surface area contributed by atoms with Crippen LogP contribution in [0.25, 0.3) is 0 Å². The second kappa shape index (κ2) is 8.63. The Balaban J connectivity index is 2.14. The number of hydrogen-bond donors (Lipinski definition) is 1. The highest BCUT2D eigenvalue weighted by atomic mass is 32.2. The molecule has 0 radical (unpaired) electrons. The molecule has 2 rings (SSSR count). The first-order valence-corrected chi connectivity index (χ1v) is 8.83. The number of nitrogens with one attached hydrogen (secondary N) is 1. The Morgan fingerprint density at radius 2 is 2.09 bits per heavy atom. The van der Waals surface area contributed by atoms with Gasteiger partial charge in [-0.25, -0.2) is 0 Å². The minimum atomic E-state index is 0.0951. The zero-order chi connectivity index (χ0) is 16.7. The number of carbonyl (C=O) groups is 1. The fourth-order valence-corrected chi connectivity index (χ4v) is 3.55. The van der Waals surface area contributed by atoms with Gasteiger partial charge in [-0.05, 0) is 24.6 Å². The normalized spacial score (nSPS) is 13.5. The number of unbranched alkanes of at least 4 members (excludes halogenated alkanes) is 1. The average Bonchev–Trinajstić information content (AvgIpc) is 2.58. The molecule has 0 atom stereocenters. The molecule has 0 aliphatic carbocycles. The number of benzene rings is 1. The van der Waals surface area contributed by atoms with E-state index in [1.807, 2.05) is 24.3 Å². The molecule has 1 aliphatic heterocycles. The smallest absolute Gasteiger partial charge is 0.221 e. The second-order valence-corrected chi connectivity index (χ2v) is 6.42. The fraction of sp³-hybridized carbons (Fsp3) is 0.316. The van der Waals surface area contributed by atoms with Crippen molar-refractivity contribution in [2.45, 2.75) is 31.1 Å². The monoisotopic (exact) mass is 328 g/mol. The van der Waals surface area contributed by atoms with Crippen molar-refractivity contribution in [2.24, 2.45) is 0 Å². The molecular weight excluding hydrogens is 304 g/mol. The maximum atomic E-state index is 12.0. The predicted molar refractivity (Wildman–Crippen MR) is 99.6 cm³/mol. The molecule has 3 nitrogen and oxygen atoms in total. The lowest BCUT2D eigenvalue weighted by Gasteiger charge is -2.33. The van der Waals surface area contributed by atoms with E-state index in [2.05, 4.69) is 42.4 Å². The predicted octanol–water partition coefficient (Wildman–Crippen LogP) is 4.49. The molecule has 0 unspecified atom stereocenters. The third kappa shape index (κ3) is 4.29. The molecule has 0 spiro atoms. The van der Waals surface area contributed by atoms with Crippen molar-refractivity contribution >= 4 is 23.4 Å². The molecule has 1 amide bonds. The van der Waals surface area contributed by atoms with Gasteiger partial charge in [0.2, 0.25) is 5.91 Å². The van der Waals surface area contributed by atoms with E-state index < -0.39 is 0 Å². The molecular formula is C19H24N2OS. The van der Waals surface area contributed by atoms with Crippen molar-refractivity contribution in [1.29, 1.82) is 0 Å². The van der Waals surface area contributed by atoms with E-state index in [-0.39, 0.29) is 5.91 Å². The molecule has 1 N–H and O–H groups in total. The summed E-state index contributed by atoms with van der Waals surface area (Å²) in [4.78, 5) is 16.4. The lowest BCUT2D eigenvalue weighted by atomic mass is 10.2. The molecule has 0 fully saturated rings. The number of anilines is 1. The van der Waals surface area contributed by atoms with Crippen LogP contribution in [0.15, 0.2) is 65.1 Å². The Kier molecular flexibility index (Phi) is 6.53. The number of hydrogen-bond acceptors (Lipinski definition) is 3. The van der Waals surface area contributed by atoms with Crippen LogP contribution in [-0.2, 0) is 4.79 Å². The van der Waals surface area contributed by atoms with E-state index in [1.165, 1.54) is 4.90 Å². The van der Waals surface area contributed by atoms with E-state index in [0.29, 0.717) is 13.0 Å². The summed E-state index contributed by atoms with van der Waals surface area (Å²) in [5.41, 5.74) is 2.14. The molecule has 23 heavy (non-hydrogen) atoms. The molecule has 0 saturated heterocycles. The summed E-state index contributed by atoms with van der Waals surface area (Å²) in [5, 5.41) is 2.97. The summed E-state index contributed by atoms with van der Waals surface area (Å²) < 4.78 is 0. The van der Waals surface area contributed by atoms with Crippen molar-refractivity contribution in [3.05, 3.63) is 60.2 Å². The van der Waals surface area contributed by atoms with Crippen LogP contribution in [0.3, 0.4) is 0 Å². The first-order valence-electron chi connectivity index (χ1n) is 8.01. The average molecular weight is 328 g/mol. The number of nitrogens with zero attached hydrogens (tertiary/aromatic N) is 1. The maximum absolute atomic E-state index is 12.0. The van der Waals surface area contributed by atoms with Gasteiger partial charge in [-0.3, -0.25) is 4.79 Å². The summed E-state index contributed by atoms with van der Waals surface area (Å²) in [6, 6.07) is 8.23. The van der Waals surface area contributed by atoms with Gasteiger partial charge in [0.05, 0.1) is 11.4 Å². The van der Waals surface area contributed by atoms with Crippen LogP contribution in [0, 0.1) is 0 Å². The molecule has 122 valence electrons. The van der Waals surface area contributed by atoms with Crippen LogP contribution >= 0.6 is 11.8 Å². The van der Waals surface area contributed by atoms with E-state index >= 15 is 0 Å². The quantitative estimate of drug-likeness (QED) is 0.714. The number of carbonyl (C=O) groups excluding carboxylic acids is 1. The molecule has 1 aromatic carbocycles. The van der Waals surface area contributed by atoms with Crippen LogP contribution in [-0.4, -0.2) is 19.0 Å². The molecule has 0 bridgehead atoms. The Bertz CT molecular complexity index is 622. The zero-order valence-corrected chi connectivity index (χ0v) is 14.5. The Labute approximate surface area is 143 Å². The summed E-state index contributed by atoms with van der Waals surface area (Å²) in [7, 11) is 0. The van der Waals surface area contributed by atoms with Crippen molar-refractivity contribution in [2.75, 3.05) is 18.0 Å². The maximum Gasteiger partial charge on any atom is 0.221 e. The van der Waals surface area contributed by atoms with E-state index in [1.54, 1.807) is 11.8 Å². The van der Waals surface area contributed by atoms with Crippen LogP contribution in [0.5, 0.6) is 0 Å². The number of thioether (sulfide) groups is 1. The molecule has 0 saturated carbocycles. The van der Waals surface area contributed by atoms with Gasteiger partial charge in [-0.2, -0.15) is 0 Å². The zero-order valence-electron chi connectivity index (χ0n) is 13.7. The SMILES string of the molecule is C=CC1=C(C=C)N(CCC(=O)NCCCC)c2ccccc2S1. The number of para-hydroxylation sites is 1. The van der Waals surface area contributed by atoms with E-state index in [0.717, 1.165) is 35.7 Å². The number of allylic oxidation sites excluding steroid dienone is 2. The van der Waals surface area contributed by atoms with Gasteiger partial charge in [0.25, 0.3) is 0 Å². The minimum Gasteiger partial charge on any atom is -0.356 e. The van der Waals surface area contributed by atoms with Gasteiger partial charge in [0.15, 0.2) is 0 Å². The summed E-state index contributed by atoms with van der Waals surface area (Å²) in [6.45, 7) is 11.3. The highest BCUT2D eigenvalue weighted by Crippen LogP contribution is 2.43. The summed E-state index contributed by atoms with van der Waals surface area (Å²) >= 11 is 1.69. The molecule has 4 heteroatoms. The van der Waals surface area contributed by atoms with Gasteiger partial charge < -0.3 is 10.2 Å². The molecule has 0 aromatic heterocycles. The van der Waals surface area contributed by atoms with Crippen LogP contribution in [0.4, 0.5) is 5.69 Å². The number of amides is 1. The van der Waals surface area contributed by atoms with E-state index in [4.69, 9.17) is 0 Å². The van der Waals surface area contributed by atoms with Crippen LogP contribution < -0.4 is 10.2 Å². The minimum absolute atomic E-state index is 0.0951. The van der Waals surface area contributed by atoms with Gasteiger partial charge in [-0.1, -0.05) is 56.5 Å². The van der Waals surface area contributed by atoms with Gasteiger partial charge in [-0.15, -0.1) is 0 Å². The highest BCUT2D eigenvalue weighted by molar-refractivity contribution is 8.03. The molecule has 1 aromatic rings. The second-order valence-electron chi connectivity index (χ2n) is 5.33. The van der Waals surface area contributed by atoms with Gasteiger partial charge in [0, 0.05) is 29.3 Å². The first-order chi connectivity index (χ1) is 11.2. The molecule has 1 heterocycles. The largest absolute Gasteiger partial charge is 0.356 e. The number of fused-ring (bicyclic) bond motifs is 1. The highest BCUT2D eigenvalue weighted by Gasteiger charge is 2.23. The Hall–Kier alpha value is -1.94. The van der Waals surface area contributed by atoms with Gasteiger partial charge in [0.1, 0.15) is 0 Å². The first kappa shape index (κ1) is 17.4. The lowest BCUT2D eigenvalue weighted by Crippen LogP contribution is -2.32. The lowest BCUT2D eigenvalue weighted by molar-refractivity contribution is -0.120. The third-order valence-corrected chi connectivity index (χ3v) is 4.87. The summed E-state index contributed by atoms with van der Waals surface area (Å²) in [5.74, 6) is 0.0951. The topological polar surface area (TPSA) is 32.3 Å². The van der Waals surface area contributed by atoms with Crippen molar-refractivity contribution < 1.29 is 4.79 Å². The standard InChI is InChI=1S/C19H24N2OS/c1-4-7-13-20-19(22)12-14-21-15(5-2)17(6-3)23-18-11-9-8-10-16(18)21/h5-6,8-11H,2-4,7,12-14H2,1H3,(H,20,22). The summed E-state index contributed by atoms with van der Waals surface area (Å²) in [6.07, 6.45) is 6.27. The third-order valence-electron chi connectivity index (χ3n) is 3.71. The molecule has 1 aliphatic rings. The Morgan fingerprint density at radius 3 is 2.78 bits per heavy atom. The van der Waals surface area contributed by atoms with E-state index in [9.17, 15) is 4.79 Å².